The predicted molar refractivity (Wildman–Crippen MR) is 58.6 cm³/mol. The van der Waals surface area contributed by atoms with E-state index in [2.05, 4.69) is 57.5 Å². The molecule has 0 unspecified atom stereocenters. The van der Waals surface area contributed by atoms with E-state index in [1.54, 1.807) is 0 Å². The molecule has 1 fully saturated rings. The van der Waals surface area contributed by atoms with Crippen molar-refractivity contribution in [2.24, 2.45) is 22.2 Å². The molecular weight excluding hydrogens is 212 g/mol. The molecule has 72 valence electrons. The van der Waals surface area contributed by atoms with Gasteiger partial charge in [-0.05, 0) is 22.2 Å². The first-order valence-corrected chi connectivity index (χ1v) is 5.86. The van der Waals surface area contributed by atoms with Crippen molar-refractivity contribution in [1.82, 2.24) is 0 Å². The van der Waals surface area contributed by atoms with E-state index < -0.39 is 0 Å². The Morgan fingerprint density at radius 1 is 1.08 bits per heavy atom. The molecule has 0 aromatic heterocycles. The molecule has 1 aliphatic rings. The Hall–Kier alpha value is 0.480. The van der Waals surface area contributed by atoms with Crippen molar-refractivity contribution in [3.63, 3.8) is 0 Å². The SMILES string of the molecule is CC(C)(CBr)C1C(C)(C)C1(C)C. The van der Waals surface area contributed by atoms with Crippen LogP contribution in [0, 0.1) is 22.2 Å². The Morgan fingerprint density at radius 2 is 1.42 bits per heavy atom. The molecule has 1 aliphatic carbocycles. The van der Waals surface area contributed by atoms with Gasteiger partial charge >= 0.3 is 0 Å². The van der Waals surface area contributed by atoms with Crippen LogP contribution in [0.1, 0.15) is 41.5 Å². The summed E-state index contributed by atoms with van der Waals surface area (Å²) in [4.78, 5) is 0. The maximum atomic E-state index is 3.61. The monoisotopic (exact) mass is 232 g/mol. The summed E-state index contributed by atoms with van der Waals surface area (Å²) in [6, 6.07) is 0. The smallest absolute Gasteiger partial charge is 0.00857 e. The van der Waals surface area contributed by atoms with Gasteiger partial charge in [-0.2, -0.15) is 0 Å². The van der Waals surface area contributed by atoms with Gasteiger partial charge in [-0.25, -0.2) is 0 Å². The molecule has 0 aromatic rings. The van der Waals surface area contributed by atoms with Crippen LogP contribution in [0.2, 0.25) is 0 Å². The third kappa shape index (κ3) is 1.16. The molecule has 12 heavy (non-hydrogen) atoms. The standard InChI is InChI=1S/C11H21Br/c1-9(2,7-12)8-10(3,4)11(8,5)6/h8H,7H2,1-6H3. The first-order valence-electron chi connectivity index (χ1n) is 4.74. The minimum Gasteiger partial charge on any atom is -0.0922 e. The largest absolute Gasteiger partial charge is 0.0922 e. The van der Waals surface area contributed by atoms with Gasteiger partial charge in [0, 0.05) is 5.33 Å². The molecule has 0 saturated heterocycles. The number of hydrogen-bond donors (Lipinski definition) is 0. The van der Waals surface area contributed by atoms with Crippen LogP contribution < -0.4 is 0 Å². The van der Waals surface area contributed by atoms with E-state index in [0.29, 0.717) is 16.2 Å². The molecule has 1 heteroatoms. The van der Waals surface area contributed by atoms with Gasteiger partial charge in [0.2, 0.25) is 0 Å². The van der Waals surface area contributed by atoms with E-state index in [1.807, 2.05) is 0 Å². The lowest BCUT2D eigenvalue weighted by Gasteiger charge is -2.24. The molecule has 0 spiro atoms. The Labute approximate surface area is 85.3 Å². The molecule has 0 aromatic carbocycles. The highest BCUT2D eigenvalue weighted by Crippen LogP contribution is 2.74. The second-order valence-electron chi connectivity index (χ2n) is 6.00. The van der Waals surface area contributed by atoms with Crippen molar-refractivity contribution in [3.05, 3.63) is 0 Å². The van der Waals surface area contributed by atoms with Crippen LogP contribution in [-0.4, -0.2) is 5.33 Å². The summed E-state index contributed by atoms with van der Waals surface area (Å²) in [5, 5.41) is 1.11. The molecule has 0 amide bonds. The third-order valence-electron chi connectivity index (χ3n) is 4.15. The number of hydrogen-bond acceptors (Lipinski definition) is 0. The summed E-state index contributed by atoms with van der Waals surface area (Å²) < 4.78 is 0. The van der Waals surface area contributed by atoms with E-state index in [0.717, 1.165) is 11.2 Å². The second-order valence-corrected chi connectivity index (χ2v) is 6.56. The molecule has 1 saturated carbocycles. The Kier molecular flexibility index (Phi) is 2.20. The highest BCUT2D eigenvalue weighted by molar-refractivity contribution is 9.09. The fourth-order valence-corrected chi connectivity index (χ4v) is 3.55. The van der Waals surface area contributed by atoms with Crippen LogP contribution >= 0.6 is 15.9 Å². The number of alkyl halides is 1. The molecular formula is C11H21Br. The summed E-state index contributed by atoms with van der Waals surface area (Å²) in [6.07, 6.45) is 0. The van der Waals surface area contributed by atoms with E-state index in [-0.39, 0.29) is 0 Å². The number of halogens is 1. The first kappa shape index (κ1) is 10.6. The van der Waals surface area contributed by atoms with Crippen molar-refractivity contribution in [1.29, 1.82) is 0 Å². The highest BCUT2D eigenvalue weighted by atomic mass is 79.9. The molecule has 0 heterocycles. The Morgan fingerprint density at radius 3 is 1.50 bits per heavy atom. The van der Waals surface area contributed by atoms with Crippen LogP contribution in [-0.2, 0) is 0 Å². The van der Waals surface area contributed by atoms with E-state index in [4.69, 9.17) is 0 Å². The summed E-state index contributed by atoms with van der Waals surface area (Å²) in [5.41, 5.74) is 1.47. The Balaban J connectivity index is 2.84. The summed E-state index contributed by atoms with van der Waals surface area (Å²) in [5.74, 6) is 0.844. The summed E-state index contributed by atoms with van der Waals surface area (Å²) in [6.45, 7) is 14.3. The fourth-order valence-electron chi connectivity index (χ4n) is 3.23. The Bertz CT molecular complexity index is 175. The van der Waals surface area contributed by atoms with Crippen molar-refractivity contribution in [2.45, 2.75) is 41.5 Å². The van der Waals surface area contributed by atoms with Gasteiger partial charge in [0.25, 0.3) is 0 Å². The molecule has 0 N–H and O–H groups in total. The zero-order valence-electron chi connectivity index (χ0n) is 9.16. The van der Waals surface area contributed by atoms with E-state index in [1.165, 1.54) is 0 Å². The summed E-state index contributed by atoms with van der Waals surface area (Å²) in [7, 11) is 0. The molecule has 0 bridgehead atoms. The predicted octanol–water partition coefficient (Wildman–Crippen LogP) is 4.09. The highest BCUT2D eigenvalue weighted by Gasteiger charge is 2.68. The van der Waals surface area contributed by atoms with Gasteiger partial charge in [-0.15, -0.1) is 0 Å². The minimum absolute atomic E-state index is 0.438. The average Bonchev–Trinajstić information content (AvgIpc) is 2.25. The van der Waals surface area contributed by atoms with Crippen LogP contribution in [0.3, 0.4) is 0 Å². The molecule has 0 aliphatic heterocycles. The lowest BCUT2D eigenvalue weighted by molar-refractivity contribution is 0.297. The fraction of sp³-hybridized carbons (Fsp3) is 1.00. The van der Waals surface area contributed by atoms with Gasteiger partial charge in [0.15, 0.2) is 0 Å². The van der Waals surface area contributed by atoms with Gasteiger partial charge in [-0.3, -0.25) is 0 Å². The summed E-state index contributed by atoms with van der Waals surface area (Å²) >= 11 is 3.61. The quantitative estimate of drug-likeness (QED) is 0.630. The molecule has 0 radical (unpaired) electrons. The van der Waals surface area contributed by atoms with E-state index in [9.17, 15) is 0 Å². The number of rotatable bonds is 2. The van der Waals surface area contributed by atoms with Crippen molar-refractivity contribution < 1.29 is 0 Å². The first-order chi connectivity index (χ1) is 5.18. The maximum absolute atomic E-state index is 3.61. The van der Waals surface area contributed by atoms with Crippen LogP contribution in [0.5, 0.6) is 0 Å². The third-order valence-corrected chi connectivity index (χ3v) is 5.59. The maximum Gasteiger partial charge on any atom is 0.00857 e. The van der Waals surface area contributed by atoms with Crippen molar-refractivity contribution >= 4 is 15.9 Å². The van der Waals surface area contributed by atoms with Crippen LogP contribution in [0.25, 0.3) is 0 Å². The van der Waals surface area contributed by atoms with Crippen molar-refractivity contribution in [3.8, 4) is 0 Å². The van der Waals surface area contributed by atoms with Crippen molar-refractivity contribution in [2.75, 3.05) is 5.33 Å². The molecule has 1 rings (SSSR count). The van der Waals surface area contributed by atoms with Gasteiger partial charge in [0.05, 0.1) is 0 Å². The lowest BCUT2D eigenvalue weighted by Crippen LogP contribution is -2.20. The second kappa shape index (κ2) is 2.50. The average molecular weight is 233 g/mol. The van der Waals surface area contributed by atoms with Crippen LogP contribution in [0.4, 0.5) is 0 Å². The van der Waals surface area contributed by atoms with Gasteiger partial charge in [0.1, 0.15) is 0 Å². The van der Waals surface area contributed by atoms with Gasteiger partial charge < -0.3 is 0 Å². The molecule has 0 nitrogen and oxygen atoms in total. The normalized spacial score (nSPS) is 27.2. The topological polar surface area (TPSA) is 0 Å². The lowest BCUT2D eigenvalue weighted by atomic mass is 9.84. The zero-order valence-corrected chi connectivity index (χ0v) is 10.7. The van der Waals surface area contributed by atoms with Gasteiger partial charge in [-0.1, -0.05) is 57.5 Å². The minimum atomic E-state index is 0.438. The van der Waals surface area contributed by atoms with E-state index >= 15 is 0 Å². The van der Waals surface area contributed by atoms with Crippen LogP contribution in [0.15, 0.2) is 0 Å². The zero-order chi connectivity index (χ0) is 9.78. The molecule has 0 atom stereocenters.